The van der Waals surface area contributed by atoms with Crippen LogP contribution in [0.3, 0.4) is 0 Å². The number of imide groups is 1. The number of rotatable bonds is 5. The van der Waals surface area contributed by atoms with Gasteiger partial charge in [-0.25, -0.2) is 0 Å². The number of nitrogens with zero attached hydrogens (tertiary/aromatic N) is 2. The molecular weight excluding hydrogens is 476 g/mol. The number of hydrogen-bond acceptors (Lipinski definition) is 4. The van der Waals surface area contributed by atoms with Gasteiger partial charge in [0, 0.05) is 0 Å². The third-order valence-electron chi connectivity index (χ3n) is 5.68. The second kappa shape index (κ2) is 7.17. The molecule has 2 fully saturated rings. The highest BCUT2D eigenvalue weighted by Crippen LogP contribution is 2.52. The summed E-state index contributed by atoms with van der Waals surface area (Å²) >= 11 is 7.05. The van der Waals surface area contributed by atoms with Crippen molar-refractivity contribution in [2.45, 2.75) is 32.8 Å². The first kappa shape index (κ1) is 18.9. The van der Waals surface area contributed by atoms with Crippen LogP contribution in [0.25, 0.3) is 0 Å². The molecule has 4 rings (SSSR count). The van der Waals surface area contributed by atoms with E-state index in [-0.39, 0.29) is 41.6 Å². The first-order chi connectivity index (χ1) is 12.9. The topological polar surface area (TPSA) is 59.0 Å². The van der Waals surface area contributed by atoms with Crippen molar-refractivity contribution >= 4 is 49.9 Å². The maximum atomic E-state index is 12.7. The van der Waals surface area contributed by atoms with Crippen LogP contribution in [-0.4, -0.2) is 29.1 Å². The molecule has 3 aliphatic rings. The quantitative estimate of drug-likeness (QED) is 0.342. The molecule has 5 atom stereocenters. The van der Waals surface area contributed by atoms with E-state index in [1.54, 1.807) is 6.21 Å². The third kappa shape index (κ3) is 3.18. The maximum absolute atomic E-state index is 12.7. The molecule has 1 aromatic rings. The first-order valence-electron chi connectivity index (χ1n) is 9.16. The van der Waals surface area contributed by atoms with Crippen molar-refractivity contribution in [3.8, 4) is 5.75 Å². The Morgan fingerprint density at radius 1 is 1.19 bits per heavy atom. The fraction of sp³-hybridized carbons (Fsp3) is 0.450. The number of allylic oxidation sites excluding steroid dienone is 2. The zero-order valence-electron chi connectivity index (χ0n) is 15.1. The van der Waals surface area contributed by atoms with Crippen LogP contribution < -0.4 is 4.74 Å². The van der Waals surface area contributed by atoms with Crippen molar-refractivity contribution in [3.63, 3.8) is 0 Å². The Hall–Kier alpha value is -1.47. The van der Waals surface area contributed by atoms with Gasteiger partial charge in [0.25, 0.3) is 11.8 Å². The van der Waals surface area contributed by atoms with E-state index in [4.69, 9.17) is 4.74 Å². The van der Waals surface area contributed by atoms with Gasteiger partial charge in [-0.1, -0.05) is 19.1 Å². The smallest absolute Gasteiger partial charge is 0.254 e. The highest BCUT2D eigenvalue weighted by Gasteiger charge is 2.59. The molecule has 0 radical (unpaired) electrons. The fourth-order valence-corrected chi connectivity index (χ4v) is 5.58. The largest absolute Gasteiger partial charge is 0.488 e. The molecule has 142 valence electrons. The van der Waals surface area contributed by atoms with Crippen LogP contribution in [0.5, 0.6) is 5.75 Å². The summed E-state index contributed by atoms with van der Waals surface area (Å²) in [6.07, 6.45) is 7.63. The number of carbonyl (C=O) groups is 2. The molecule has 2 amide bonds. The van der Waals surface area contributed by atoms with E-state index in [0.29, 0.717) is 0 Å². The van der Waals surface area contributed by atoms with Crippen LogP contribution in [0, 0.1) is 23.7 Å². The van der Waals surface area contributed by atoms with Crippen molar-refractivity contribution in [1.82, 2.24) is 5.01 Å². The van der Waals surface area contributed by atoms with Gasteiger partial charge in [0.05, 0.1) is 33.1 Å². The van der Waals surface area contributed by atoms with E-state index in [2.05, 4.69) is 56.0 Å². The van der Waals surface area contributed by atoms with Gasteiger partial charge in [-0.3, -0.25) is 9.59 Å². The average Bonchev–Trinajstić information content (AvgIpc) is 3.31. The lowest BCUT2D eigenvalue weighted by Gasteiger charge is -2.16. The summed E-state index contributed by atoms with van der Waals surface area (Å²) in [6, 6.07) is 3.73. The van der Waals surface area contributed by atoms with Gasteiger partial charge in [0.1, 0.15) is 5.75 Å². The van der Waals surface area contributed by atoms with Gasteiger partial charge in [0.15, 0.2) is 0 Å². The monoisotopic (exact) mass is 494 g/mol. The number of benzene rings is 1. The van der Waals surface area contributed by atoms with Crippen molar-refractivity contribution < 1.29 is 14.3 Å². The Bertz CT molecular complexity index is 814. The number of fused-ring (bicyclic) bond motifs is 5. The zero-order valence-corrected chi connectivity index (χ0v) is 18.2. The van der Waals surface area contributed by atoms with Gasteiger partial charge in [-0.05, 0) is 81.2 Å². The number of amides is 2. The number of halogens is 2. The third-order valence-corrected chi connectivity index (χ3v) is 6.86. The lowest BCUT2D eigenvalue weighted by Crippen LogP contribution is -2.28. The van der Waals surface area contributed by atoms with Crippen molar-refractivity contribution in [3.05, 3.63) is 38.8 Å². The predicted molar refractivity (Wildman–Crippen MR) is 109 cm³/mol. The zero-order chi connectivity index (χ0) is 19.3. The predicted octanol–water partition coefficient (Wildman–Crippen LogP) is 4.53. The molecule has 0 N–H and O–H groups in total. The van der Waals surface area contributed by atoms with Crippen molar-refractivity contribution in [2.75, 3.05) is 0 Å². The van der Waals surface area contributed by atoms with Crippen LogP contribution in [0.2, 0.25) is 0 Å². The van der Waals surface area contributed by atoms with Gasteiger partial charge < -0.3 is 4.74 Å². The molecule has 0 aromatic heterocycles. The van der Waals surface area contributed by atoms with E-state index in [1.165, 1.54) is 0 Å². The van der Waals surface area contributed by atoms with E-state index in [1.807, 2.05) is 19.1 Å². The second-order valence-electron chi connectivity index (χ2n) is 7.38. The molecule has 1 heterocycles. The SMILES string of the molecule is CC[C@@H](C)Oc1c(Br)cc(C=NN2C(=O)[C@@H]3[C@H](C2=O)[C@H]2C=C[C@H]3C2)cc1Br. The Morgan fingerprint density at radius 2 is 1.74 bits per heavy atom. The lowest BCUT2D eigenvalue weighted by molar-refractivity contribution is -0.140. The molecule has 0 unspecified atom stereocenters. The van der Waals surface area contributed by atoms with Crippen LogP contribution in [0.4, 0.5) is 0 Å². The summed E-state index contributed by atoms with van der Waals surface area (Å²) in [7, 11) is 0. The highest BCUT2D eigenvalue weighted by atomic mass is 79.9. The lowest BCUT2D eigenvalue weighted by atomic mass is 9.85. The molecular formula is C20H20Br2N2O3. The summed E-state index contributed by atoms with van der Waals surface area (Å²) in [5.74, 6) is 0.311. The van der Waals surface area contributed by atoms with Gasteiger partial charge in [-0.2, -0.15) is 10.1 Å². The average molecular weight is 496 g/mol. The van der Waals surface area contributed by atoms with Crippen LogP contribution in [0.1, 0.15) is 32.3 Å². The molecule has 0 spiro atoms. The number of hydrazone groups is 1. The normalized spacial score (nSPS) is 29.9. The van der Waals surface area contributed by atoms with Crippen LogP contribution in [-0.2, 0) is 9.59 Å². The van der Waals surface area contributed by atoms with Gasteiger partial charge >= 0.3 is 0 Å². The maximum Gasteiger partial charge on any atom is 0.254 e. The Labute approximate surface area is 175 Å². The van der Waals surface area contributed by atoms with Crippen molar-refractivity contribution in [1.29, 1.82) is 0 Å². The van der Waals surface area contributed by atoms with Crippen LogP contribution >= 0.6 is 31.9 Å². The minimum absolute atomic E-state index is 0.0975. The number of carbonyl (C=O) groups excluding carboxylic acids is 2. The molecule has 2 aliphatic carbocycles. The van der Waals surface area contributed by atoms with Crippen LogP contribution in [0.15, 0.2) is 38.3 Å². The number of hydrogen-bond donors (Lipinski definition) is 0. The summed E-state index contributed by atoms with van der Waals surface area (Å²) in [4.78, 5) is 25.3. The van der Waals surface area contributed by atoms with Gasteiger partial charge in [0.2, 0.25) is 0 Å². The summed E-state index contributed by atoms with van der Waals surface area (Å²) < 4.78 is 7.49. The van der Waals surface area contributed by atoms with E-state index in [0.717, 1.165) is 38.1 Å². The Kier molecular flexibility index (Phi) is 5.01. The van der Waals surface area contributed by atoms with E-state index < -0.39 is 0 Å². The fourth-order valence-electron chi connectivity index (χ4n) is 4.18. The molecule has 7 heteroatoms. The molecule has 2 bridgehead atoms. The van der Waals surface area contributed by atoms with E-state index >= 15 is 0 Å². The molecule has 5 nitrogen and oxygen atoms in total. The van der Waals surface area contributed by atoms with Crippen molar-refractivity contribution in [2.24, 2.45) is 28.8 Å². The Balaban J connectivity index is 1.54. The van der Waals surface area contributed by atoms with E-state index in [9.17, 15) is 9.59 Å². The minimum atomic E-state index is -0.227. The summed E-state index contributed by atoms with van der Waals surface area (Å²) in [6.45, 7) is 4.08. The Morgan fingerprint density at radius 3 is 2.26 bits per heavy atom. The highest BCUT2D eigenvalue weighted by molar-refractivity contribution is 9.11. The molecule has 1 aromatic carbocycles. The second-order valence-corrected chi connectivity index (χ2v) is 9.09. The summed E-state index contributed by atoms with van der Waals surface area (Å²) in [5, 5.41) is 5.29. The molecule has 1 saturated heterocycles. The molecule has 27 heavy (non-hydrogen) atoms. The minimum Gasteiger partial charge on any atom is -0.488 e. The summed E-state index contributed by atoms with van der Waals surface area (Å²) in [5.41, 5.74) is 0.768. The standard InChI is InChI=1S/C20H20Br2N2O3/c1-3-10(2)27-18-14(21)6-11(7-15(18)22)9-23-24-19(25)16-12-4-5-13(8-12)17(16)20(24)26/h4-7,9-10,12-13,16-17H,3,8H2,1-2H3/t10-,12+,13+,16-,17+/m1/s1. The molecule has 1 saturated carbocycles. The number of ether oxygens (including phenoxy) is 1. The first-order valence-corrected chi connectivity index (χ1v) is 10.7. The molecule has 1 aliphatic heterocycles. The van der Waals surface area contributed by atoms with Gasteiger partial charge in [-0.15, -0.1) is 0 Å².